The van der Waals surface area contributed by atoms with Crippen LogP contribution in [0.1, 0.15) is 10.4 Å². The first-order valence-electron chi connectivity index (χ1n) is 8.32. The number of nitrogens with two attached hydrogens (primary N) is 1. The van der Waals surface area contributed by atoms with Crippen LogP contribution in [0.3, 0.4) is 0 Å². The lowest BCUT2D eigenvalue weighted by molar-refractivity contribution is 0.102. The molecule has 0 radical (unpaired) electrons. The highest BCUT2D eigenvalue weighted by molar-refractivity contribution is 9.10. The molecule has 29 heavy (non-hydrogen) atoms. The van der Waals surface area contributed by atoms with Gasteiger partial charge in [-0.15, -0.1) is 0 Å². The predicted molar refractivity (Wildman–Crippen MR) is 113 cm³/mol. The summed E-state index contributed by atoms with van der Waals surface area (Å²) in [5.41, 5.74) is 0.654. The van der Waals surface area contributed by atoms with Crippen molar-refractivity contribution in [2.75, 3.05) is 12.4 Å². The number of halogens is 1. The molecule has 0 unspecified atom stereocenters. The lowest BCUT2D eigenvalue weighted by atomic mass is 10.2. The Bertz CT molecular complexity index is 1150. The second kappa shape index (κ2) is 8.64. The van der Waals surface area contributed by atoms with Gasteiger partial charge < -0.3 is 14.8 Å². The fourth-order valence-electron chi connectivity index (χ4n) is 2.49. The maximum atomic E-state index is 12.5. The monoisotopic (exact) mass is 476 g/mol. The first-order valence-corrected chi connectivity index (χ1v) is 10.7. The number of hydrogen-bond acceptors (Lipinski definition) is 5. The summed E-state index contributed by atoms with van der Waals surface area (Å²) in [6, 6.07) is 18.0. The van der Waals surface area contributed by atoms with Crippen LogP contribution in [-0.4, -0.2) is 21.4 Å². The van der Waals surface area contributed by atoms with Crippen LogP contribution in [0.15, 0.2) is 76.1 Å². The molecular weight excluding hydrogens is 460 g/mol. The molecule has 0 aliphatic heterocycles. The van der Waals surface area contributed by atoms with Gasteiger partial charge in [-0.3, -0.25) is 4.79 Å². The third-order valence-electron chi connectivity index (χ3n) is 3.92. The molecule has 9 heteroatoms. The highest BCUT2D eigenvalue weighted by Crippen LogP contribution is 2.31. The Kier molecular flexibility index (Phi) is 6.21. The Balaban J connectivity index is 1.75. The van der Waals surface area contributed by atoms with Crippen LogP contribution in [0.25, 0.3) is 0 Å². The van der Waals surface area contributed by atoms with Crippen LogP contribution in [-0.2, 0) is 10.0 Å². The summed E-state index contributed by atoms with van der Waals surface area (Å²) < 4.78 is 34.5. The summed E-state index contributed by atoms with van der Waals surface area (Å²) in [5.74, 6) is 1.24. The van der Waals surface area contributed by atoms with E-state index in [-0.39, 0.29) is 10.5 Å². The fourth-order valence-corrected chi connectivity index (χ4v) is 3.46. The van der Waals surface area contributed by atoms with E-state index in [2.05, 4.69) is 21.2 Å². The molecule has 3 aromatic rings. The summed E-state index contributed by atoms with van der Waals surface area (Å²) in [5, 5.41) is 7.84. The third-order valence-corrected chi connectivity index (χ3v) is 5.52. The molecule has 1 amide bonds. The fraction of sp³-hybridized carbons (Fsp3) is 0.0500. The van der Waals surface area contributed by atoms with Gasteiger partial charge in [-0.05, 0) is 70.5 Å². The van der Waals surface area contributed by atoms with Crippen LogP contribution >= 0.6 is 15.9 Å². The van der Waals surface area contributed by atoms with Crippen LogP contribution in [0.2, 0.25) is 0 Å². The predicted octanol–water partition coefficient (Wildman–Crippen LogP) is 4.15. The number of hydrogen-bond donors (Lipinski definition) is 2. The van der Waals surface area contributed by atoms with Crippen molar-refractivity contribution in [2.45, 2.75) is 4.90 Å². The molecule has 0 bridgehead atoms. The number of carbonyl (C=O) groups is 1. The molecule has 3 N–H and O–H groups in total. The van der Waals surface area contributed by atoms with Crippen LogP contribution in [0.5, 0.6) is 17.2 Å². The molecule has 3 rings (SSSR count). The summed E-state index contributed by atoms with van der Waals surface area (Å²) in [6.45, 7) is 0. The summed E-state index contributed by atoms with van der Waals surface area (Å²) in [7, 11) is -2.36. The normalized spacial score (nSPS) is 11.0. The number of rotatable bonds is 6. The van der Waals surface area contributed by atoms with Gasteiger partial charge in [-0.1, -0.05) is 12.1 Å². The number of nitrogens with one attached hydrogen (secondary N) is 1. The van der Waals surface area contributed by atoms with Crippen molar-refractivity contribution in [1.82, 2.24) is 0 Å². The zero-order valence-electron chi connectivity index (χ0n) is 15.3. The molecular formula is C20H17BrN2O5S. The quantitative estimate of drug-likeness (QED) is 0.555. The first kappa shape index (κ1) is 20.8. The number of carbonyl (C=O) groups excluding carboxylic acids is 1. The van der Waals surface area contributed by atoms with Crippen molar-refractivity contribution < 1.29 is 22.7 Å². The molecule has 0 saturated heterocycles. The summed E-state index contributed by atoms with van der Waals surface area (Å²) in [6.07, 6.45) is 0. The second-order valence-corrected chi connectivity index (χ2v) is 8.33. The number of sulfonamides is 1. The molecule has 0 aliphatic rings. The molecule has 3 aromatic carbocycles. The smallest absolute Gasteiger partial charge is 0.256 e. The third kappa shape index (κ3) is 5.14. The van der Waals surface area contributed by atoms with Crippen molar-refractivity contribution in [3.05, 3.63) is 76.8 Å². The molecule has 0 aromatic heterocycles. The van der Waals surface area contributed by atoms with Gasteiger partial charge >= 0.3 is 0 Å². The van der Waals surface area contributed by atoms with E-state index >= 15 is 0 Å². The largest absolute Gasteiger partial charge is 0.493 e. The van der Waals surface area contributed by atoms with E-state index in [9.17, 15) is 13.2 Å². The number of methoxy groups -OCH3 is 1. The standard InChI is InChI=1S/C20H17BrN2O5S/c1-27-18-4-2-3-5-19(18)28-14-8-6-13(7-9-14)23-20(24)16-12-15(29(22,25)26)10-11-17(16)21/h2-12H,1H3,(H,23,24)(H2,22,25,26). The minimum Gasteiger partial charge on any atom is -0.493 e. The molecule has 0 atom stereocenters. The Hall–Kier alpha value is -2.88. The number of primary sulfonamides is 1. The van der Waals surface area contributed by atoms with E-state index in [1.54, 1.807) is 43.5 Å². The zero-order valence-corrected chi connectivity index (χ0v) is 17.7. The Morgan fingerprint density at radius 1 is 1.00 bits per heavy atom. The average Bonchev–Trinajstić information content (AvgIpc) is 2.69. The van der Waals surface area contributed by atoms with Crippen molar-refractivity contribution >= 4 is 37.5 Å². The van der Waals surface area contributed by atoms with E-state index < -0.39 is 15.9 Å². The van der Waals surface area contributed by atoms with Gasteiger partial charge in [0.25, 0.3) is 5.91 Å². The van der Waals surface area contributed by atoms with Gasteiger partial charge in [0.05, 0.1) is 17.6 Å². The van der Waals surface area contributed by atoms with E-state index in [0.717, 1.165) is 0 Å². The minimum absolute atomic E-state index is 0.144. The molecule has 0 spiro atoms. The summed E-state index contributed by atoms with van der Waals surface area (Å²) in [4.78, 5) is 12.4. The Morgan fingerprint density at radius 3 is 2.28 bits per heavy atom. The average molecular weight is 477 g/mol. The molecule has 0 heterocycles. The highest BCUT2D eigenvalue weighted by Gasteiger charge is 2.16. The van der Waals surface area contributed by atoms with E-state index in [0.29, 0.717) is 27.4 Å². The van der Waals surface area contributed by atoms with Gasteiger partial charge in [0.2, 0.25) is 10.0 Å². The molecule has 7 nitrogen and oxygen atoms in total. The van der Waals surface area contributed by atoms with E-state index in [1.165, 1.54) is 18.2 Å². The van der Waals surface area contributed by atoms with Gasteiger partial charge in [0, 0.05) is 10.2 Å². The van der Waals surface area contributed by atoms with Crippen LogP contribution < -0.4 is 19.9 Å². The zero-order chi connectivity index (χ0) is 21.0. The maximum Gasteiger partial charge on any atom is 0.256 e. The van der Waals surface area contributed by atoms with E-state index in [1.807, 2.05) is 12.1 Å². The van der Waals surface area contributed by atoms with E-state index in [4.69, 9.17) is 14.6 Å². The van der Waals surface area contributed by atoms with Gasteiger partial charge in [-0.2, -0.15) is 0 Å². The number of para-hydroxylation sites is 2. The number of amides is 1. The second-order valence-electron chi connectivity index (χ2n) is 5.92. The van der Waals surface area contributed by atoms with Crippen molar-refractivity contribution in [2.24, 2.45) is 5.14 Å². The first-order chi connectivity index (χ1) is 13.8. The topological polar surface area (TPSA) is 108 Å². The number of anilines is 1. The lowest BCUT2D eigenvalue weighted by Crippen LogP contribution is -2.16. The Labute approximate surface area is 176 Å². The molecule has 0 fully saturated rings. The summed E-state index contributed by atoms with van der Waals surface area (Å²) >= 11 is 3.25. The van der Waals surface area contributed by atoms with Gasteiger partial charge in [-0.25, -0.2) is 13.6 Å². The van der Waals surface area contributed by atoms with Crippen LogP contribution in [0, 0.1) is 0 Å². The molecule has 0 aliphatic carbocycles. The number of benzene rings is 3. The molecule has 0 saturated carbocycles. The maximum absolute atomic E-state index is 12.5. The van der Waals surface area contributed by atoms with Crippen LogP contribution in [0.4, 0.5) is 5.69 Å². The van der Waals surface area contributed by atoms with Gasteiger partial charge in [0.15, 0.2) is 11.5 Å². The van der Waals surface area contributed by atoms with Crippen molar-refractivity contribution in [3.63, 3.8) is 0 Å². The van der Waals surface area contributed by atoms with Crippen molar-refractivity contribution in [3.8, 4) is 17.2 Å². The van der Waals surface area contributed by atoms with Gasteiger partial charge in [0.1, 0.15) is 5.75 Å². The SMILES string of the molecule is COc1ccccc1Oc1ccc(NC(=O)c2cc(S(N)(=O)=O)ccc2Br)cc1. The minimum atomic E-state index is -3.92. The highest BCUT2D eigenvalue weighted by atomic mass is 79.9. The molecule has 150 valence electrons. The number of ether oxygens (including phenoxy) is 2. The Morgan fingerprint density at radius 2 is 1.66 bits per heavy atom. The van der Waals surface area contributed by atoms with Crippen molar-refractivity contribution in [1.29, 1.82) is 0 Å². The lowest BCUT2D eigenvalue weighted by Gasteiger charge is -2.11.